The van der Waals surface area contributed by atoms with Gasteiger partial charge >= 0.3 is 0 Å². The van der Waals surface area contributed by atoms with Crippen LogP contribution in [0.2, 0.25) is 0 Å². The highest BCUT2D eigenvalue weighted by atomic mass is 14.2. The van der Waals surface area contributed by atoms with E-state index in [-0.39, 0.29) is 0 Å². The Morgan fingerprint density at radius 2 is 0.978 bits per heavy atom. The molecule has 0 N–H and O–H groups in total. The van der Waals surface area contributed by atoms with E-state index in [1.807, 2.05) is 0 Å². The Morgan fingerprint density at radius 1 is 0.422 bits per heavy atom. The molecular weight excluding hydrogens is 540 g/mol. The van der Waals surface area contributed by atoms with Crippen LogP contribution in [0.25, 0.3) is 33.4 Å². The molecule has 0 aliphatic carbocycles. The molecule has 0 fully saturated rings. The molecule has 0 aliphatic heterocycles. The Labute approximate surface area is 268 Å². The summed E-state index contributed by atoms with van der Waals surface area (Å²) in [5, 5.41) is 0. The van der Waals surface area contributed by atoms with Crippen LogP contribution in [0.4, 0.5) is 0 Å². The van der Waals surface area contributed by atoms with Gasteiger partial charge in [0, 0.05) is 22.3 Å². The van der Waals surface area contributed by atoms with E-state index in [4.69, 9.17) is 0 Å². The maximum Gasteiger partial charge on any atom is 0.0328 e. The van der Waals surface area contributed by atoms with E-state index in [0.29, 0.717) is 0 Å². The summed E-state index contributed by atoms with van der Waals surface area (Å²) in [5.74, 6) is 13.7. The molecule has 0 aromatic heterocycles. The van der Waals surface area contributed by atoms with Gasteiger partial charge in [-0.05, 0) is 120 Å². The quantitative estimate of drug-likeness (QED) is 0.183. The van der Waals surface area contributed by atoms with Crippen molar-refractivity contribution in [2.45, 2.75) is 34.1 Å². The van der Waals surface area contributed by atoms with Crippen molar-refractivity contribution in [1.82, 2.24) is 0 Å². The second kappa shape index (κ2) is 13.4. The first kappa shape index (κ1) is 29.5. The Kier molecular flexibility index (Phi) is 8.78. The fourth-order valence-electron chi connectivity index (χ4n) is 5.64. The first-order valence-corrected chi connectivity index (χ1v) is 15.6. The van der Waals surface area contributed by atoms with Gasteiger partial charge in [-0.25, -0.2) is 0 Å². The van der Waals surface area contributed by atoms with Crippen LogP contribution in [0.1, 0.15) is 51.4 Å². The fraction of sp³-hybridized carbons (Fsp3) is 0.111. The van der Waals surface area contributed by atoms with E-state index >= 15 is 0 Å². The number of hydrogen-bond acceptors (Lipinski definition) is 0. The van der Waals surface area contributed by atoms with Gasteiger partial charge in [-0.2, -0.15) is 0 Å². The van der Waals surface area contributed by atoms with Gasteiger partial charge in [-0.3, -0.25) is 0 Å². The second-order valence-electron chi connectivity index (χ2n) is 11.6. The largest absolute Gasteiger partial charge is 0.0620 e. The molecule has 0 radical (unpaired) electrons. The summed E-state index contributed by atoms with van der Waals surface area (Å²) in [6.45, 7) is 8.63. The summed E-state index contributed by atoms with van der Waals surface area (Å²) < 4.78 is 0. The Morgan fingerprint density at radius 3 is 1.64 bits per heavy atom. The summed E-state index contributed by atoms with van der Waals surface area (Å²) in [7, 11) is 0. The van der Waals surface area contributed by atoms with Gasteiger partial charge in [0.15, 0.2) is 0 Å². The van der Waals surface area contributed by atoms with Crippen LogP contribution >= 0.6 is 0 Å². The van der Waals surface area contributed by atoms with E-state index < -0.39 is 0 Å². The summed E-state index contributed by atoms with van der Waals surface area (Å²) in [4.78, 5) is 0. The minimum Gasteiger partial charge on any atom is -0.0620 e. The Balaban J connectivity index is 1.36. The zero-order chi connectivity index (χ0) is 31.2. The molecule has 0 saturated heterocycles. The number of aryl methyl sites for hydroxylation is 4. The maximum atomic E-state index is 3.47. The lowest BCUT2D eigenvalue weighted by Crippen LogP contribution is -1.92. The van der Waals surface area contributed by atoms with E-state index in [1.165, 1.54) is 44.5 Å². The molecule has 0 unspecified atom stereocenters. The highest BCUT2D eigenvalue weighted by Crippen LogP contribution is 2.34. The van der Waals surface area contributed by atoms with Crippen LogP contribution < -0.4 is 0 Å². The molecule has 0 saturated carbocycles. The second-order valence-corrected chi connectivity index (χ2v) is 11.6. The lowest BCUT2D eigenvalue weighted by Gasteiger charge is -2.14. The molecule has 216 valence electrons. The van der Waals surface area contributed by atoms with Crippen LogP contribution in [0.15, 0.2) is 133 Å². The average molecular weight is 577 g/mol. The normalized spacial score (nSPS) is 10.4. The van der Waals surface area contributed by atoms with E-state index in [0.717, 1.165) is 39.8 Å². The van der Waals surface area contributed by atoms with Crippen molar-refractivity contribution in [3.8, 4) is 57.1 Å². The molecule has 0 nitrogen and oxygen atoms in total. The predicted octanol–water partition coefficient (Wildman–Crippen LogP) is 11.0. The number of rotatable bonds is 4. The average Bonchev–Trinajstić information content (AvgIpc) is 3.08. The van der Waals surface area contributed by atoms with E-state index in [2.05, 4.69) is 185 Å². The first-order valence-electron chi connectivity index (χ1n) is 15.6. The third kappa shape index (κ3) is 6.83. The van der Waals surface area contributed by atoms with E-state index in [9.17, 15) is 0 Å². The molecule has 0 heteroatoms. The SMILES string of the molecule is CCc1ccc(C#Cc2ccccc2-c2ccc(-c3ccc(C#Cc4ccc(C)cc4)c(-c4ccccc4C)c3)cc2C)cc1. The zero-order valence-corrected chi connectivity index (χ0v) is 26.4. The van der Waals surface area contributed by atoms with Gasteiger partial charge in [0.1, 0.15) is 0 Å². The topological polar surface area (TPSA) is 0 Å². The standard InChI is InChI=1S/C45H36/c1-5-35-18-20-37(21-19-35)22-24-38-11-7-9-13-44(38)43-29-28-40(30-34(43)4)41-27-26-39(25-23-36-16-14-32(2)15-17-36)45(31-41)42-12-8-6-10-33(42)3/h6-21,26-31H,5H2,1-4H3. The predicted molar refractivity (Wildman–Crippen MR) is 191 cm³/mol. The zero-order valence-electron chi connectivity index (χ0n) is 26.4. The van der Waals surface area contributed by atoms with Crippen LogP contribution in [0, 0.1) is 44.5 Å². The van der Waals surface area contributed by atoms with Crippen LogP contribution in [0.5, 0.6) is 0 Å². The van der Waals surface area contributed by atoms with Gasteiger partial charge in [0.25, 0.3) is 0 Å². The minimum absolute atomic E-state index is 1.02. The lowest BCUT2D eigenvalue weighted by molar-refractivity contribution is 1.14. The molecule has 6 aromatic rings. The molecule has 6 rings (SSSR count). The van der Waals surface area contributed by atoms with Crippen molar-refractivity contribution < 1.29 is 0 Å². The van der Waals surface area contributed by atoms with Gasteiger partial charge in [-0.1, -0.05) is 127 Å². The molecule has 0 spiro atoms. The molecule has 0 amide bonds. The molecule has 0 bridgehead atoms. The molecule has 45 heavy (non-hydrogen) atoms. The molecule has 0 atom stereocenters. The molecular formula is C45H36. The van der Waals surface area contributed by atoms with Gasteiger partial charge in [0.2, 0.25) is 0 Å². The maximum absolute atomic E-state index is 3.47. The summed E-state index contributed by atoms with van der Waals surface area (Å²) in [5.41, 5.74) is 16.2. The lowest BCUT2D eigenvalue weighted by atomic mass is 9.90. The van der Waals surface area contributed by atoms with Crippen molar-refractivity contribution in [1.29, 1.82) is 0 Å². The van der Waals surface area contributed by atoms with Crippen LogP contribution in [-0.4, -0.2) is 0 Å². The smallest absolute Gasteiger partial charge is 0.0328 e. The molecule has 0 heterocycles. The summed E-state index contributed by atoms with van der Waals surface area (Å²) in [6, 6.07) is 47.3. The van der Waals surface area contributed by atoms with Crippen molar-refractivity contribution in [2.75, 3.05) is 0 Å². The number of benzene rings is 6. The van der Waals surface area contributed by atoms with Crippen molar-refractivity contribution >= 4 is 0 Å². The van der Waals surface area contributed by atoms with Crippen molar-refractivity contribution in [2.24, 2.45) is 0 Å². The Bertz CT molecular complexity index is 2100. The third-order valence-electron chi connectivity index (χ3n) is 8.33. The summed E-state index contributed by atoms with van der Waals surface area (Å²) >= 11 is 0. The highest BCUT2D eigenvalue weighted by molar-refractivity contribution is 5.82. The van der Waals surface area contributed by atoms with Crippen molar-refractivity contribution in [3.63, 3.8) is 0 Å². The number of hydrogen-bond donors (Lipinski definition) is 0. The van der Waals surface area contributed by atoms with Crippen LogP contribution in [0.3, 0.4) is 0 Å². The molecule has 6 aromatic carbocycles. The third-order valence-corrected chi connectivity index (χ3v) is 8.33. The van der Waals surface area contributed by atoms with Crippen LogP contribution in [-0.2, 0) is 6.42 Å². The van der Waals surface area contributed by atoms with E-state index in [1.54, 1.807) is 0 Å². The minimum atomic E-state index is 1.02. The van der Waals surface area contributed by atoms with Crippen molar-refractivity contribution in [3.05, 3.63) is 178 Å². The molecule has 0 aliphatic rings. The Hall–Kier alpha value is -5.56. The first-order chi connectivity index (χ1) is 22.0. The van der Waals surface area contributed by atoms with Gasteiger partial charge in [0.05, 0.1) is 0 Å². The fourth-order valence-corrected chi connectivity index (χ4v) is 5.64. The monoisotopic (exact) mass is 576 g/mol. The summed E-state index contributed by atoms with van der Waals surface area (Å²) in [6.07, 6.45) is 1.03. The van der Waals surface area contributed by atoms with Gasteiger partial charge in [-0.15, -0.1) is 0 Å². The highest BCUT2D eigenvalue weighted by Gasteiger charge is 2.12. The van der Waals surface area contributed by atoms with Gasteiger partial charge < -0.3 is 0 Å².